The van der Waals surface area contributed by atoms with E-state index in [-0.39, 0.29) is 17.9 Å². The van der Waals surface area contributed by atoms with E-state index in [4.69, 9.17) is 0 Å². The molecule has 2 rings (SSSR count). The minimum atomic E-state index is -0.583. The molecule has 1 heterocycles. The van der Waals surface area contributed by atoms with Crippen LogP contribution in [0.25, 0.3) is 0 Å². The number of alkyl carbamates (subject to hydrolysis) is 1. The summed E-state index contributed by atoms with van der Waals surface area (Å²) >= 11 is 0. The molecule has 2 amide bonds. The lowest BCUT2D eigenvalue weighted by atomic mass is 10.0. The van der Waals surface area contributed by atoms with Gasteiger partial charge in [-0.3, -0.25) is 9.69 Å². The highest BCUT2D eigenvalue weighted by atomic mass is 16.5. The van der Waals surface area contributed by atoms with Crippen LogP contribution in [-0.4, -0.2) is 49.2 Å². The van der Waals surface area contributed by atoms with Crippen molar-refractivity contribution >= 4 is 12.0 Å². The van der Waals surface area contributed by atoms with Crippen LogP contribution < -0.4 is 10.6 Å². The van der Waals surface area contributed by atoms with Crippen LogP contribution in [0.15, 0.2) is 30.3 Å². The SMILES string of the molecule is COC(=O)N[C@H](C(=O)N[C@H]1CCN(Cc2ccccc2)C1)C(C)C. The van der Waals surface area contributed by atoms with Crippen molar-refractivity contribution in [1.82, 2.24) is 15.5 Å². The molecule has 1 aliphatic heterocycles. The monoisotopic (exact) mass is 333 g/mol. The number of rotatable bonds is 6. The van der Waals surface area contributed by atoms with Crippen molar-refractivity contribution in [1.29, 1.82) is 0 Å². The summed E-state index contributed by atoms with van der Waals surface area (Å²) in [6.45, 7) is 6.47. The number of likely N-dealkylation sites (tertiary alicyclic amines) is 1. The highest BCUT2D eigenvalue weighted by Crippen LogP contribution is 2.14. The zero-order chi connectivity index (χ0) is 17.5. The Hall–Kier alpha value is -2.08. The van der Waals surface area contributed by atoms with Crippen molar-refractivity contribution in [3.05, 3.63) is 35.9 Å². The summed E-state index contributed by atoms with van der Waals surface area (Å²) in [5, 5.41) is 5.66. The first-order valence-electron chi connectivity index (χ1n) is 8.40. The topological polar surface area (TPSA) is 70.7 Å². The molecule has 0 radical (unpaired) electrons. The Morgan fingerprint density at radius 2 is 2.00 bits per heavy atom. The number of carbonyl (C=O) groups excluding carboxylic acids is 2. The van der Waals surface area contributed by atoms with Crippen molar-refractivity contribution in [3.8, 4) is 0 Å². The lowest BCUT2D eigenvalue weighted by molar-refractivity contribution is -0.124. The molecule has 132 valence electrons. The van der Waals surface area contributed by atoms with E-state index in [1.54, 1.807) is 0 Å². The molecule has 2 N–H and O–H groups in total. The minimum Gasteiger partial charge on any atom is -0.453 e. The van der Waals surface area contributed by atoms with Crippen molar-refractivity contribution in [2.45, 2.75) is 38.9 Å². The fourth-order valence-corrected chi connectivity index (χ4v) is 2.95. The summed E-state index contributed by atoms with van der Waals surface area (Å²) < 4.78 is 4.60. The van der Waals surface area contributed by atoms with Crippen LogP contribution in [0.5, 0.6) is 0 Å². The molecule has 0 unspecified atom stereocenters. The largest absolute Gasteiger partial charge is 0.453 e. The van der Waals surface area contributed by atoms with Crippen LogP contribution in [0.4, 0.5) is 4.79 Å². The predicted molar refractivity (Wildman–Crippen MR) is 92.4 cm³/mol. The molecule has 24 heavy (non-hydrogen) atoms. The van der Waals surface area contributed by atoms with E-state index in [0.29, 0.717) is 0 Å². The van der Waals surface area contributed by atoms with E-state index in [1.165, 1.54) is 12.7 Å². The standard InChI is InChI=1S/C18H27N3O3/c1-13(2)16(20-18(23)24-3)17(22)19-15-9-10-21(12-15)11-14-7-5-4-6-8-14/h4-8,13,15-16H,9-12H2,1-3H3,(H,19,22)(H,20,23)/t15-,16-/m0/s1. The average Bonchev–Trinajstić information content (AvgIpc) is 2.99. The summed E-state index contributed by atoms with van der Waals surface area (Å²) in [5.41, 5.74) is 1.27. The zero-order valence-electron chi connectivity index (χ0n) is 14.6. The van der Waals surface area contributed by atoms with Gasteiger partial charge in [0.1, 0.15) is 6.04 Å². The van der Waals surface area contributed by atoms with Crippen molar-refractivity contribution < 1.29 is 14.3 Å². The van der Waals surface area contributed by atoms with E-state index in [0.717, 1.165) is 26.1 Å². The molecule has 2 atom stereocenters. The highest BCUT2D eigenvalue weighted by Gasteiger charge is 2.29. The zero-order valence-corrected chi connectivity index (χ0v) is 14.6. The van der Waals surface area contributed by atoms with Crippen molar-refractivity contribution in [3.63, 3.8) is 0 Å². The van der Waals surface area contributed by atoms with Gasteiger partial charge in [0.2, 0.25) is 5.91 Å². The average molecular weight is 333 g/mol. The summed E-state index contributed by atoms with van der Waals surface area (Å²) in [4.78, 5) is 26.2. The molecule has 1 aromatic carbocycles. The molecule has 1 fully saturated rings. The molecule has 6 heteroatoms. The first-order chi connectivity index (χ1) is 11.5. The van der Waals surface area contributed by atoms with Gasteiger partial charge in [0, 0.05) is 25.7 Å². The first kappa shape index (κ1) is 18.3. The third kappa shape index (κ3) is 5.23. The second kappa shape index (κ2) is 8.68. The molecule has 1 saturated heterocycles. The Morgan fingerprint density at radius 1 is 1.29 bits per heavy atom. The Kier molecular flexibility index (Phi) is 6.61. The number of ether oxygens (including phenoxy) is 1. The number of methoxy groups -OCH3 is 1. The van der Waals surface area contributed by atoms with E-state index >= 15 is 0 Å². The van der Waals surface area contributed by atoms with Gasteiger partial charge in [-0.15, -0.1) is 0 Å². The van der Waals surface area contributed by atoms with Gasteiger partial charge in [0.25, 0.3) is 0 Å². The second-order valence-electron chi connectivity index (χ2n) is 6.57. The van der Waals surface area contributed by atoms with Gasteiger partial charge in [-0.25, -0.2) is 4.79 Å². The van der Waals surface area contributed by atoms with E-state index in [9.17, 15) is 9.59 Å². The number of benzene rings is 1. The van der Waals surface area contributed by atoms with Crippen LogP contribution in [0.1, 0.15) is 25.8 Å². The Balaban J connectivity index is 1.84. The maximum absolute atomic E-state index is 12.5. The van der Waals surface area contributed by atoms with E-state index in [2.05, 4.69) is 32.4 Å². The number of hydrogen-bond donors (Lipinski definition) is 2. The van der Waals surface area contributed by atoms with Gasteiger partial charge in [-0.1, -0.05) is 44.2 Å². The van der Waals surface area contributed by atoms with Crippen LogP contribution in [-0.2, 0) is 16.1 Å². The Bertz CT molecular complexity index is 548. The molecule has 1 aliphatic rings. The summed E-state index contributed by atoms with van der Waals surface area (Å²) in [5.74, 6) is -0.159. The lowest BCUT2D eigenvalue weighted by Crippen LogP contribution is -2.52. The van der Waals surface area contributed by atoms with Crippen LogP contribution in [0.3, 0.4) is 0 Å². The third-order valence-corrected chi connectivity index (χ3v) is 4.28. The summed E-state index contributed by atoms with van der Waals surface area (Å²) in [6.07, 6.45) is 0.336. The molecule has 0 bridgehead atoms. The number of carbonyl (C=O) groups is 2. The third-order valence-electron chi connectivity index (χ3n) is 4.28. The highest BCUT2D eigenvalue weighted by molar-refractivity contribution is 5.86. The predicted octanol–water partition coefficient (Wildman–Crippen LogP) is 1.76. The quantitative estimate of drug-likeness (QED) is 0.832. The Labute approximate surface area is 143 Å². The van der Waals surface area contributed by atoms with Gasteiger partial charge in [-0.2, -0.15) is 0 Å². The normalized spacial score (nSPS) is 19.1. The summed E-state index contributed by atoms with van der Waals surface area (Å²) in [7, 11) is 1.29. The van der Waals surface area contributed by atoms with E-state index in [1.807, 2.05) is 32.0 Å². The van der Waals surface area contributed by atoms with Crippen LogP contribution in [0.2, 0.25) is 0 Å². The van der Waals surface area contributed by atoms with Gasteiger partial charge >= 0.3 is 6.09 Å². The van der Waals surface area contributed by atoms with E-state index < -0.39 is 12.1 Å². The Morgan fingerprint density at radius 3 is 2.62 bits per heavy atom. The number of hydrogen-bond acceptors (Lipinski definition) is 4. The number of nitrogens with zero attached hydrogens (tertiary/aromatic N) is 1. The molecule has 0 aromatic heterocycles. The molecule has 0 saturated carbocycles. The second-order valence-corrected chi connectivity index (χ2v) is 6.57. The fraction of sp³-hybridized carbons (Fsp3) is 0.556. The molecule has 0 aliphatic carbocycles. The maximum Gasteiger partial charge on any atom is 0.407 e. The van der Waals surface area contributed by atoms with Crippen LogP contribution in [0, 0.1) is 5.92 Å². The molecule has 1 aromatic rings. The molecular formula is C18H27N3O3. The van der Waals surface area contributed by atoms with Gasteiger partial charge < -0.3 is 15.4 Å². The minimum absolute atomic E-state index is 0.00840. The smallest absolute Gasteiger partial charge is 0.407 e. The number of amides is 2. The van der Waals surface area contributed by atoms with Crippen molar-refractivity contribution in [2.24, 2.45) is 5.92 Å². The maximum atomic E-state index is 12.5. The molecule has 6 nitrogen and oxygen atoms in total. The molecular weight excluding hydrogens is 306 g/mol. The van der Waals surface area contributed by atoms with Gasteiger partial charge in [-0.05, 0) is 17.9 Å². The van der Waals surface area contributed by atoms with Crippen LogP contribution >= 0.6 is 0 Å². The summed E-state index contributed by atoms with van der Waals surface area (Å²) in [6, 6.07) is 9.84. The first-order valence-corrected chi connectivity index (χ1v) is 8.40. The van der Waals surface area contributed by atoms with Gasteiger partial charge in [0.05, 0.1) is 7.11 Å². The molecule has 0 spiro atoms. The number of nitrogens with one attached hydrogen (secondary N) is 2. The fourth-order valence-electron chi connectivity index (χ4n) is 2.95. The van der Waals surface area contributed by atoms with Gasteiger partial charge in [0.15, 0.2) is 0 Å². The lowest BCUT2D eigenvalue weighted by Gasteiger charge is -2.23. The van der Waals surface area contributed by atoms with Crippen molar-refractivity contribution in [2.75, 3.05) is 20.2 Å².